The molecule has 1 aromatic heterocycles. The van der Waals surface area contributed by atoms with Crippen LogP contribution in [0.5, 0.6) is 0 Å². The van der Waals surface area contributed by atoms with Gasteiger partial charge in [0.25, 0.3) is 5.91 Å². The Kier molecular flexibility index (Phi) is 5.40. The van der Waals surface area contributed by atoms with Crippen molar-refractivity contribution in [3.05, 3.63) is 33.8 Å². The number of nitrogens with two attached hydrogens (primary N) is 1. The molecule has 3 N–H and O–H groups in total. The monoisotopic (exact) mass is 362 g/mol. The second kappa shape index (κ2) is 7.08. The minimum atomic E-state index is -0.452. The molecule has 0 aliphatic rings. The van der Waals surface area contributed by atoms with E-state index < -0.39 is 11.8 Å². The average Bonchev–Trinajstić information content (AvgIpc) is 2.86. The van der Waals surface area contributed by atoms with Crippen LogP contribution in [-0.2, 0) is 4.79 Å². The van der Waals surface area contributed by atoms with Crippen molar-refractivity contribution in [3.8, 4) is 0 Å². The van der Waals surface area contributed by atoms with Gasteiger partial charge in [0.1, 0.15) is 0 Å². The van der Waals surface area contributed by atoms with Gasteiger partial charge >= 0.3 is 0 Å². The van der Waals surface area contributed by atoms with Crippen molar-refractivity contribution in [2.75, 3.05) is 11.1 Å². The van der Waals surface area contributed by atoms with E-state index in [1.807, 2.05) is 0 Å². The number of amides is 2. The maximum Gasteiger partial charge on any atom is 0.259 e. The number of aromatic nitrogens is 2. The molecule has 2 aromatic rings. The van der Waals surface area contributed by atoms with Crippen molar-refractivity contribution in [1.82, 2.24) is 10.2 Å². The molecule has 2 rings (SSSR count). The largest absolute Gasteiger partial charge is 0.369 e. The summed E-state index contributed by atoms with van der Waals surface area (Å²) in [5.74, 6) is -0.792. The molecule has 6 nitrogen and oxygen atoms in total. The number of anilines is 1. The number of primary amides is 1. The summed E-state index contributed by atoms with van der Waals surface area (Å²) in [6, 6.07) is 4.58. The topological polar surface area (TPSA) is 98.0 Å². The molecule has 0 unspecified atom stereocenters. The van der Waals surface area contributed by atoms with Crippen molar-refractivity contribution in [2.45, 2.75) is 4.34 Å². The standard InChI is InChI=1S/C11H8Cl2N4O2S2/c12-5-1-2-7(13)6(3-5)9(19)15-10-16-17-11(21-10)20-4-8(14)18/h1-3H,4H2,(H2,14,18)(H,15,16,19). The number of benzene rings is 1. The Hall–Kier alpha value is -1.35. The number of carbonyl (C=O) groups excluding carboxylic acids is 2. The number of nitrogens with zero attached hydrogens (tertiary/aromatic N) is 2. The highest BCUT2D eigenvalue weighted by Crippen LogP contribution is 2.26. The smallest absolute Gasteiger partial charge is 0.259 e. The number of thioether (sulfide) groups is 1. The predicted octanol–water partition coefficient (Wildman–Crippen LogP) is 2.67. The minimum absolute atomic E-state index is 0.0999. The first-order valence-corrected chi connectivity index (χ1v) is 8.02. The fraction of sp³-hybridized carbons (Fsp3) is 0.0909. The van der Waals surface area contributed by atoms with Crippen LogP contribution < -0.4 is 11.1 Å². The molecular weight excluding hydrogens is 355 g/mol. The van der Waals surface area contributed by atoms with E-state index in [9.17, 15) is 9.59 Å². The fourth-order valence-electron chi connectivity index (χ4n) is 1.29. The minimum Gasteiger partial charge on any atom is -0.369 e. The third-order valence-corrected chi connectivity index (χ3v) is 4.70. The SMILES string of the molecule is NC(=O)CSc1nnc(NC(=O)c2cc(Cl)ccc2Cl)s1. The molecule has 2 amide bonds. The number of hydrogen-bond donors (Lipinski definition) is 2. The quantitative estimate of drug-likeness (QED) is 0.629. The van der Waals surface area contributed by atoms with E-state index in [2.05, 4.69) is 15.5 Å². The summed E-state index contributed by atoms with van der Waals surface area (Å²) in [4.78, 5) is 22.7. The number of halogens is 2. The lowest BCUT2D eigenvalue weighted by molar-refractivity contribution is -0.115. The summed E-state index contributed by atoms with van der Waals surface area (Å²) in [7, 11) is 0. The molecule has 0 atom stereocenters. The van der Waals surface area contributed by atoms with Crippen LogP contribution in [0.4, 0.5) is 5.13 Å². The molecule has 0 fully saturated rings. The van der Waals surface area contributed by atoms with E-state index in [-0.39, 0.29) is 16.3 Å². The molecule has 1 heterocycles. The lowest BCUT2D eigenvalue weighted by atomic mass is 10.2. The van der Waals surface area contributed by atoms with Gasteiger partial charge in [-0.15, -0.1) is 10.2 Å². The molecule has 110 valence electrons. The van der Waals surface area contributed by atoms with Crippen LogP contribution in [0.2, 0.25) is 10.0 Å². The fourth-order valence-corrected chi connectivity index (χ4v) is 3.15. The van der Waals surface area contributed by atoms with E-state index in [0.29, 0.717) is 14.5 Å². The van der Waals surface area contributed by atoms with E-state index in [1.54, 1.807) is 6.07 Å². The van der Waals surface area contributed by atoms with Crippen LogP contribution in [-0.4, -0.2) is 27.8 Å². The van der Waals surface area contributed by atoms with Gasteiger partial charge in [0.2, 0.25) is 11.0 Å². The van der Waals surface area contributed by atoms with Crippen molar-refractivity contribution in [3.63, 3.8) is 0 Å². The lowest BCUT2D eigenvalue weighted by Crippen LogP contribution is -2.12. The Labute approximate surface area is 138 Å². The van der Waals surface area contributed by atoms with Crippen LogP contribution in [0.25, 0.3) is 0 Å². The van der Waals surface area contributed by atoms with Crippen LogP contribution in [0.3, 0.4) is 0 Å². The van der Waals surface area contributed by atoms with E-state index >= 15 is 0 Å². The lowest BCUT2D eigenvalue weighted by Gasteiger charge is -2.03. The first-order valence-electron chi connectivity index (χ1n) is 5.46. The normalized spacial score (nSPS) is 10.4. The molecular formula is C11H8Cl2N4O2S2. The Morgan fingerprint density at radius 2 is 2.10 bits per heavy atom. The highest BCUT2D eigenvalue weighted by molar-refractivity contribution is 8.01. The summed E-state index contributed by atoms with van der Waals surface area (Å²) in [6.45, 7) is 0. The van der Waals surface area contributed by atoms with Gasteiger partial charge in [-0.05, 0) is 18.2 Å². The highest BCUT2D eigenvalue weighted by atomic mass is 35.5. The zero-order chi connectivity index (χ0) is 15.4. The second-order valence-corrected chi connectivity index (χ2v) is 6.75. The first kappa shape index (κ1) is 16.0. The van der Waals surface area contributed by atoms with Crippen molar-refractivity contribution in [2.24, 2.45) is 5.73 Å². The molecule has 0 aliphatic carbocycles. The van der Waals surface area contributed by atoms with Crippen molar-refractivity contribution >= 4 is 63.2 Å². The summed E-state index contributed by atoms with van der Waals surface area (Å²) < 4.78 is 0.529. The van der Waals surface area contributed by atoms with E-state index in [4.69, 9.17) is 28.9 Å². The van der Waals surface area contributed by atoms with Crippen LogP contribution in [0.1, 0.15) is 10.4 Å². The maximum absolute atomic E-state index is 12.1. The maximum atomic E-state index is 12.1. The summed E-state index contributed by atoms with van der Waals surface area (Å²) in [5, 5.41) is 11.2. The zero-order valence-corrected chi connectivity index (χ0v) is 13.4. The molecule has 0 spiro atoms. The molecule has 10 heteroatoms. The van der Waals surface area contributed by atoms with Gasteiger partial charge < -0.3 is 5.73 Å². The molecule has 1 aromatic carbocycles. The Balaban J connectivity index is 2.06. The summed E-state index contributed by atoms with van der Waals surface area (Å²) in [5.41, 5.74) is 5.28. The number of hydrogen-bond acceptors (Lipinski definition) is 6. The molecule has 0 saturated carbocycles. The van der Waals surface area contributed by atoms with Crippen LogP contribution >= 0.6 is 46.3 Å². The Morgan fingerprint density at radius 3 is 2.81 bits per heavy atom. The van der Waals surface area contributed by atoms with Crippen LogP contribution in [0, 0.1) is 0 Å². The third-order valence-electron chi connectivity index (χ3n) is 2.14. The third kappa shape index (κ3) is 4.57. The molecule has 21 heavy (non-hydrogen) atoms. The van der Waals surface area contributed by atoms with Gasteiger partial charge in [-0.2, -0.15) is 0 Å². The van der Waals surface area contributed by atoms with Crippen molar-refractivity contribution < 1.29 is 9.59 Å². The number of carbonyl (C=O) groups is 2. The van der Waals surface area contributed by atoms with Gasteiger partial charge in [0.15, 0.2) is 4.34 Å². The average molecular weight is 363 g/mol. The molecule has 0 radical (unpaired) electrons. The molecule has 0 aliphatic heterocycles. The van der Waals surface area contributed by atoms with Gasteiger partial charge in [-0.25, -0.2) is 0 Å². The summed E-state index contributed by atoms with van der Waals surface area (Å²) >= 11 is 14.0. The van der Waals surface area contributed by atoms with Gasteiger partial charge in [0.05, 0.1) is 16.3 Å². The van der Waals surface area contributed by atoms with E-state index in [1.165, 1.54) is 12.1 Å². The van der Waals surface area contributed by atoms with Gasteiger partial charge in [0, 0.05) is 5.02 Å². The van der Waals surface area contributed by atoms with Crippen molar-refractivity contribution in [1.29, 1.82) is 0 Å². The zero-order valence-electron chi connectivity index (χ0n) is 10.3. The van der Waals surface area contributed by atoms with Gasteiger partial charge in [-0.1, -0.05) is 46.3 Å². The molecule has 0 bridgehead atoms. The van der Waals surface area contributed by atoms with Crippen LogP contribution in [0.15, 0.2) is 22.5 Å². The first-order chi connectivity index (χ1) is 9.95. The second-order valence-electron chi connectivity index (χ2n) is 3.71. The summed E-state index contributed by atoms with van der Waals surface area (Å²) in [6.07, 6.45) is 0. The number of rotatable bonds is 5. The predicted molar refractivity (Wildman–Crippen MR) is 84.2 cm³/mol. The molecule has 0 saturated heterocycles. The van der Waals surface area contributed by atoms with Gasteiger partial charge in [-0.3, -0.25) is 14.9 Å². The highest BCUT2D eigenvalue weighted by Gasteiger charge is 2.14. The van der Waals surface area contributed by atoms with E-state index in [0.717, 1.165) is 23.1 Å². The Bertz CT molecular complexity index is 693. The number of nitrogens with one attached hydrogen (secondary N) is 1. The Morgan fingerprint density at radius 1 is 1.33 bits per heavy atom.